The lowest BCUT2D eigenvalue weighted by Gasteiger charge is -2.29. The number of hydrogen-bond donors (Lipinski definition) is 1. The summed E-state index contributed by atoms with van der Waals surface area (Å²) in [6, 6.07) is 19.6. The fourth-order valence-electron chi connectivity index (χ4n) is 2.19. The monoisotopic (exact) mass is 238 g/mol. The number of rotatable bonds is 5. The maximum Gasteiger partial charge on any atom is 0.115 e. The first-order chi connectivity index (χ1) is 8.77. The van der Waals surface area contributed by atoms with Crippen molar-refractivity contribution in [2.75, 3.05) is 0 Å². The fourth-order valence-corrected chi connectivity index (χ4v) is 2.19. The van der Waals surface area contributed by atoms with Crippen LogP contribution in [0, 0.1) is 0 Å². The van der Waals surface area contributed by atoms with Gasteiger partial charge in [0.1, 0.15) is 5.60 Å². The summed E-state index contributed by atoms with van der Waals surface area (Å²) in [7, 11) is 0. The highest BCUT2D eigenvalue weighted by molar-refractivity contribution is 5.35. The summed E-state index contributed by atoms with van der Waals surface area (Å²) in [5.41, 5.74) is 0.924. The topological polar surface area (TPSA) is 20.2 Å². The lowest BCUT2D eigenvalue weighted by molar-refractivity contribution is 0.0721. The van der Waals surface area contributed by atoms with Crippen LogP contribution in [0.3, 0.4) is 0 Å². The lowest BCUT2D eigenvalue weighted by Crippen LogP contribution is -2.27. The first kappa shape index (κ1) is 12.6. The predicted molar refractivity (Wildman–Crippen MR) is 75.3 cm³/mol. The van der Waals surface area contributed by atoms with Crippen molar-refractivity contribution in [2.45, 2.75) is 18.4 Å². The third kappa shape index (κ3) is 2.52. The van der Waals surface area contributed by atoms with E-state index >= 15 is 0 Å². The van der Waals surface area contributed by atoms with Crippen molar-refractivity contribution in [3.63, 3.8) is 0 Å². The van der Waals surface area contributed by atoms with Crippen molar-refractivity contribution in [2.24, 2.45) is 0 Å². The highest BCUT2D eigenvalue weighted by Crippen LogP contribution is 2.33. The Kier molecular flexibility index (Phi) is 3.96. The van der Waals surface area contributed by atoms with E-state index < -0.39 is 5.60 Å². The van der Waals surface area contributed by atoms with Gasteiger partial charge < -0.3 is 5.11 Å². The molecule has 0 fully saturated rings. The Labute approximate surface area is 108 Å². The predicted octanol–water partition coefficient (Wildman–Crippen LogP) is 3.89. The zero-order chi connectivity index (χ0) is 12.8. The van der Waals surface area contributed by atoms with E-state index in [0.717, 1.165) is 17.5 Å². The maximum absolute atomic E-state index is 11.0. The summed E-state index contributed by atoms with van der Waals surface area (Å²) in [5, 5.41) is 11.0. The zero-order valence-corrected chi connectivity index (χ0v) is 10.4. The highest BCUT2D eigenvalue weighted by Gasteiger charge is 2.30. The van der Waals surface area contributed by atoms with Gasteiger partial charge in [0.2, 0.25) is 0 Å². The van der Waals surface area contributed by atoms with Crippen LogP contribution in [0.2, 0.25) is 0 Å². The van der Waals surface area contributed by atoms with Crippen molar-refractivity contribution in [1.82, 2.24) is 0 Å². The first-order valence-electron chi connectivity index (χ1n) is 6.22. The van der Waals surface area contributed by atoms with Crippen LogP contribution in [0.5, 0.6) is 0 Å². The number of aliphatic hydroxyl groups is 1. The second-order valence-corrected chi connectivity index (χ2v) is 4.42. The second-order valence-electron chi connectivity index (χ2n) is 4.42. The quantitative estimate of drug-likeness (QED) is 0.783. The van der Waals surface area contributed by atoms with E-state index in [1.165, 1.54) is 0 Å². The maximum atomic E-state index is 11.0. The Hall–Kier alpha value is -1.86. The summed E-state index contributed by atoms with van der Waals surface area (Å²) in [6.07, 6.45) is 3.27. The van der Waals surface area contributed by atoms with Gasteiger partial charge in [-0.2, -0.15) is 0 Å². The average Bonchev–Trinajstić information content (AvgIpc) is 2.46. The van der Waals surface area contributed by atoms with Crippen LogP contribution in [-0.4, -0.2) is 5.11 Å². The molecule has 0 aliphatic rings. The van der Waals surface area contributed by atoms with E-state index in [4.69, 9.17) is 0 Å². The Bertz CT molecular complexity index is 448. The number of hydrogen-bond acceptors (Lipinski definition) is 1. The molecule has 0 aliphatic heterocycles. The molecular weight excluding hydrogens is 220 g/mol. The van der Waals surface area contributed by atoms with Crippen molar-refractivity contribution < 1.29 is 5.11 Å². The third-order valence-corrected chi connectivity index (χ3v) is 3.21. The Balaban J connectivity index is 2.44. The second kappa shape index (κ2) is 5.65. The lowest BCUT2D eigenvalue weighted by atomic mass is 9.83. The third-order valence-electron chi connectivity index (χ3n) is 3.21. The van der Waals surface area contributed by atoms with E-state index in [0.29, 0.717) is 6.42 Å². The molecule has 0 saturated heterocycles. The molecule has 0 amide bonds. The van der Waals surface area contributed by atoms with Gasteiger partial charge in [0, 0.05) is 0 Å². The van der Waals surface area contributed by atoms with Gasteiger partial charge in [0.15, 0.2) is 0 Å². The summed E-state index contributed by atoms with van der Waals surface area (Å²) >= 11 is 0. The van der Waals surface area contributed by atoms with Crippen molar-refractivity contribution in [1.29, 1.82) is 0 Å². The van der Waals surface area contributed by atoms with Crippen LogP contribution in [-0.2, 0) is 5.60 Å². The average molecular weight is 238 g/mol. The molecule has 0 aliphatic carbocycles. The van der Waals surface area contributed by atoms with E-state index in [1.807, 2.05) is 66.7 Å². The van der Waals surface area contributed by atoms with E-state index in [9.17, 15) is 5.11 Å². The largest absolute Gasteiger partial charge is 0.380 e. The minimum absolute atomic E-state index is 0.643. The highest BCUT2D eigenvalue weighted by atomic mass is 16.3. The van der Waals surface area contributed by atoms with E-state index in [2.05, 4.69) is 6.58 Å². The van der Waals surface area contributed by atoms with Gasteiger partial charge in [-0.1, -0.05) is 66.7 Å². The van der Waals surface area contributed by atoms with Gasteiger partial charge in [-0.05, 0) is 24.0 Å². The van der Waals surface area contributed by atoms with E-state index in [-0.39, 0.29) is 0 Å². The van der Waals surface area contributed by atoms with Gasteiger partial charge in [-0.15, -0.1) is 6.58 Å². The molecule has 0 radical (unpaired) electrons. The molecule has 0 unspecified atom stereocenters. The molecule has 2 aromatic rings. The molecule has 1 N–H and O–H groups in total. The molecule has 92 valence electrons. The smallest absolute Gasteiger partial charge is 0.115 e. The van der Waals surface area contributed by atoms with Gasteiger partial charge in [-0.3, -0.25) is 0 Å². The molecule has 0 saturated carbocycles. The standard InChI is InChI=1S/C17H18O/c1-2-3-14-17(18,15-10-6-4-7-11-15)16-12-8-5-9-13-16/h2,4-13,18H,1,3,14H2. The normalized spacial score (nSPS) is 11.2. The minimum atomic E-state index is -0.934. The van der Waals surface area contributed by atoms with Crippen molar-refractivity contribution in [3.8, 4) is 0 Å². The SMILES string of the molecule is C=CCCC(O)(c1ccccc1)c1ccccc1. The molecule has 1 heteroatoms. The van der Waals surface area contributed by atoms with Crippen LogP contribution in [0.15, 0.2) is 73.3 Å². The molecule has 1 nitrogen and oxygen atoms in total. The summed E-state index contributed by atoms with van der Waals surface area (Å²) in [6.45, 7) is 3.74. The summed E-state index contributed by atoms with van der Waals surface area (Å²) in [5.74, 6) is 0. The Morgan fingerprint density at radius 3 is 1.72 bits per heavy atom. The molecule has 0 atom stereocenters. The van der Waals surface area contributed by atoms with Gasteiger partial charge >= 0.3 is 0 Å². The van der Waals surface area contributed by atoms with Gasteiger partial charge in [0.25, 0.3) is 0 Å². The summed E-state index contributed by atoms with van der Waals surface area (Å²) < 4.78 is 0. The van der Waals surface area contributed by atoms with Crippen LogP contribution in [0.1, 0.15) is 24.0 Å². The molecule has 0 heterocycles. The zero-order valence-electron chi connectivity index (χ0n) is 10.4. The molecule has 0 bridgehead atoms. The molecule has 18 heavy (non-hydrogen) atoms. The number of allylic oxidation sites excluding steroid dienone is 1. The number of benzene rings is 2. The van der Waals surface area contributed by atoms with Crippen LogP contribution >= 0.6 is 0 Å². The van der Waals surface area contributed by atoms with E-state index in [1.54, 1.807) is 0 Å². The molecule has 2 rings (SSSR count). The van der Waals surface area contributed by atoms with Crippen molar-refractivity contribution >= 4 is 0 Å². The Morgan fingerprint density at radius 2 is 1.33 bits per heavy atom. The molecular formula is C17H18O. The van der Waals surface area contributed by atoms with Crippen molar-refractivity contribution in [3.05, 3.63) is 84.4 Å². The first-order valence-corrected chi connectivity index (χ1v) is 6.22. The minimum Gasteiger partial charge on any atom is -0.380 e. The van der Waals surface area contributed by atoms with Gasteiger partial charge in [0.05, 0.1) is 0 Å². The molecule has 0 spiro atoms. The Morgan fingerprint density at radius 1 is 0.889 bits per heavy atom. The molecule has 2 aromatic carbocycles. The van der Waals surface area contributed by atoms with Gasteiger partial charge in [-0.25, -0.2) is 0 Å². The fraction of sp³-hybridized carbons (Fsp3) is 0.176. The van der Waals surface area contributed by atoms with Crippen LogP contribution in [0.4, 0.5) is 0 Å². The van der Waals surface area contributed by atoms with Crippen LogP contribution in [0.25, 0.3) is 0 Å². The van der Waals surface area contributed by atoms with Crippen LogP contribution < -0.4 is 0 Å². The summed E-state index contributed by atoms with van der Waals surface area (Å²) in [4.78, 5) is 0. The molecule has 0 aromatic heterocycles.